The number of carbonyl (C=O) groups excluding carboxylic acids is 1. The Bertz CT molecular complexity index is 893. The maximum Gasteiger partial charge on any atom is 0.267 e. The minimum Gasteiger partial charge on any atom is -0.496 e. The lowest BCUT2D eigenvalue weighted by Gasteiger charge is -2.17. The number of thioether (sulfide) groups is 1. The second-order valence-electron chi connectivity index (χ2n) is 6.00. The molecule has 1 aliphatic heterocycles. The number of nitrogens with one attached hydrogen (secondary N) is 1. The number of amides is 1. The highest BCUT2D eigenvalue weighted by atomic mass is 32.2. The topological polar surface area (TPSA) is 41.6 Å². The van der Waals surface area contributed by atoms with Gasteiger partial charge in [0.15, 0.2) is 0 Å². The molecule has 1 saturated heterocycles. The Morgan fingerprint density at radius 1 is 1.23 bits per heavy atom. The summed E-state index contributed by atoms with van der Waals surface area (Å²) in [5.41, 5.74) is 4.20. The molecule has 134 valence electrons. The van der Waals surface area contributed by atoms with Crippen molar-refractivity contribution in [2.75, 3.05) is 19.1 Å². The van der Waals surface area contributed by atoms with E-state index < -0.39 is 0 Å². The fourth-order valence-electron chi connectivity index (χ4n) is 2.74. The molecule has 0 radical (unpaired) electrons. The third kappa shape index (κ3) is 3.92. The first kappa shape index (κ1) is 18.5. The first-order valence-corrected chi connectivity index (χ1v) is 9.41. The number of para-hydroxylation sites is 1. The summed E-state index contributed by atoms with van der Waals surface area (Å²) in [7, 11) is 1.62. The number of anilines is 1. The molecule has 1 amide bonds. The van der Waals surface area contributed by atoms with Crippen LogP contribution >= 0.6 is 24.0 Å². The summed E-state index contributed by atoms with van der Waals surface area (Å²) < 4.78 is 5.90. The largest absolute Gasteiger partial charge is 0.496 e. The number of carbonyl (C=O) groups is 1. The molecule has 0 atom stereocenters. The summed E-state index contributed by atoms with van der Waals surface area (Å²) in [5.74, 6) is 0.634. The van der Waals surface area contributed by atoms with Crippen LogP contribution in [0, 0.1) is 13.8 Å². The fourth-order valence-corrected chi connectivity index (χ4v) is 3.99. The zero-order chi connectivity index (χ0) is 18.7. The molecule has 0 bridgehead atoms. The maximum absolute atomic E-state index is 12.7. The second-order valence-corrected chi connectivity index (χ2v) is 7.68. The molecule has 0 aromatic heterocycles. The van der Waals surface area contributed by atoms with Crippen LogP contribution in [0.1, 0.15) is 16.7 Å². The maximum atomic E-state index is 12.7. The van der Waals surface area contributed by atoms with E-state index in [4.69, 9.17) is 17.0 Å². The zero-order valence-corrected chi connectivity index (χ0v) is 16.5. The number of benzene rings is 2. The summed E-state index contributed by atoms with van der Waals surface area (Å²) in [6.45, 7) is 4.44. The van der Waals surface area contributed by atoms with Crippen LogP contribution in [0.4, 0.5) is 5.69 Å². The molecular formula is C20H20N2O2S2. The summed E-state index contributed by atoms with van der Waals surface area (Å²) >= 11 is 6.71. The number of nitrogens with zero attached hydrogens (tertiary/aromatic N) is 1. The Balaban J connectivity index is 1.75. The predicted molar refractivity (Wildman–Crippen MR) is 112 cm³/mol. The molecule has 1 fully saturated rings. The van der Waals surface area contributed by atoms with Crippen LogP contribution in [0.5, 0.6) is 5.75 Å². The van der Waals surface area contributed by atoms with Crippen LogP contribution in [0.2, 0.25) is 0 Å². The van der Waals surface area contributed by atoms with Crippen molar-refractivity contribution in [3.8, 4) is 5.75 Å². The standard InChI is InChI=1S/C20H20N2O2S2/c1-13-8-9-16(14(2)10-13)21-12-22-19(23)18(26-20(22)25)11-15-6-4-5-7-17(15)24-3/h4-11,21H,12H2,1-3H3/b18-11+. The van der Waals surface area contributed by atoms with Gasteiger partial charge >= 0.3 is 0 Å². The number of methoxy groups -OCH3 is 1. The van der Waals surface area contributed by atoms with Crippen molar-refractivity contribution in [2.24, 2.45) is 0 Å². The van der Waals surface area contributed by atoms with Crippen molar-refractivity contribution < 1.29 is 9.53 Å². The van der Waals surface area contributed by atoms with E-state index >= 15 is 0 Å². The van der Waals surface area contributed by atoms with E-state index in [2.05, 4.69) is 18.3 Å². The lowest BCUT2D eigenvalue weighted by atomic mass is 10.1. The van der Waals surface area contributed by atoms with Gasteiger partial charge in [0.25, 0.3) is 5.91 Å². The van der Waals surface area contributed by atoms with Gasteiger partial charge in [0, 0.05) is 11.3 Å². The SMILES string of the molecule is COc1ccccc1/C=C1/SC(=S)N(CNc2ccc(C)cc2C)C1=O. The number of thiocarbonyl (C=S) groups is 1. The lowest BCUT2D eigenvalue weighted by Crippen LogP contribution is -2.33. The van der Waals surface area contributed by atoms with E-state index in [-0.39, 0.29) is 5.91 Å². The smallest absolute Gasteiger partial charge is 0.267 e. The number of hydrogen-bond acceptors (Lipinski definition) is 5. The Morgan fingerprint density at radius 2 is 2.00 bits per heavy atom. The van der Waals surface area contributed by atoms with Crippen molar-refractivity contribution in [1.29, 1.82) is 0 Å². The first-order chi connectivity index (χ1) is 12.5. The van der Waals surface area contributed by atoms with Gasteiger partial charge in [-0.25, -0.2) is 0 Å². The highest BCUT2D eigenvalue weighted by Gasteiger charge is 2.32. The first-order valence-electron chi connectivity index (χ1n) is 8.19. The summed E-state index contributed by atoms with van der Waals surface area (Å²) in [4.78, 5) is 14.9. The average Bonchev–Trinajstić information content (AvgIpc) is 2.88. The number of aryl methyl sites for hydroxylation is 2. The summed E-state index contributed by atoms with van der Waals surface area (Å²) in [6.07, 6.45) is 1.83. The number of rotatable bonds is 5. The Hall–Kier alpha value is -2.31. The molecule has 1 N–H and O–H groups in total. The molecule has 2 aromatic carbocycles. The van der Waals surface area contributed by atoms with Gasteiger partial charge in [-0.2, -0.15) is 0 Å². The van der Waals surface area contributed by atoms with E-state index in [9.17, 15) is 4.79 Å². The lowest BCUT2D eigenvalue weighted by molar-refractivity contribution is -0.121. The predicted octanol–water partition coefficient (Wildman–Crippen LogP) is 4.58. The second kappa shape index (κ2) is 7.93. The molecule has 26 heavy (non-hydrogen) atoms. The van der Waals surface area contributed by atoms with Crippen LogP contribution in [0.3, 0.4) is 0 Å². The van der Waals surface area contributed by atoms with Crippen molar-refractivity contribution in [2.45, 2.75) is 13.8 Å². The summed E-state index contributed by atoms with van der Waals surface area (Å²) in [6, 6.07) is 13.8. The molecule has 0 unspecified atom stereocenters. The van der Waals surface area contributed by atoms with E-state index in [1.165, 1.54) is 17.3 Å². The van der Waals surface area contributed by atoms with Gasteiger partial charge in [0.05, 0.1) is 18.7 Å². The van der Waals surface area contributed by atoms with Gasteiger partial charge in [-0.3, -0.25) is 9.69 Å². The molecule has 6 heteroatoms. The van der Waals surface area contributed by atoms with Crippen LogP contribution in [0.15, 0.2) is 47.4 Å². The highest BCUT2D eigenvalue weighted by molar-refractivity contribution is 8.26. The van der Waals surface area contributed by atoms with E-state index in [1.807, 2.05) is 49.4 Å². The van der Waals surface area contributed by atoms with E-state index in [1.54, 1.807) is 12.0 Å². The van der Waals surface area contributed by atoms with Gasteiger partial charge in [-0.05, 0) is 37.6 Å². The molecule has 0 spiro atoms. The van der Waals surface area contributed by atoms with Crippen molar-refractivity contribution in [1.82, 2.24) is 4.90 Å². The van der Waals surface area contributed by atoms with Gasteiger partial charge in [0.1, 0.15) is 10.1 Å². The minimum absolute atomic E-state index is 0.0943. The van der Waals surface area contributed by atoms with Crippen LogP contribution in [-0.2, 0) is 4.79 Å². The van der Waals surface area contributed by atoms with Crippen molar-refractivity contribution in [3.63, 3.8) is 0 Å². The van der Waals surface area contributed by atoms with Gasteiger partial charge in [-0.15, -0.1) is 0 Å². The van der Waals surface area contributed by atoms with E-state index in [0.717, 1.165) is 22.6 Å². The van der Waals surface area contributed by atoms with E-state index in [0.29, 0.717) is 15.9 Å². The Kier molecular flexibility index (Phi) is 5.64. The zero-order valence-electron chi connectivity index (χ0n) is 14.9. The van der Waals surface area contributed by atoms with Crippen molar-refractivity contribution in [3.05, 3.63) is 64.1 Å². The summed E-state index contributed by atoms with van der Waals surface area (Å²) in [5, 5.41) is 3.30. The minimum atomic E-state index is -0.0943. The quantitative estimate of drug-likeness (QED) is 0.603. The fraction of sp³-hybridized carbons (Fsp3) is 0.200. The molecule has 1 heterocycles. The molecule has 0 saturated carbocycles. The van der Waals surface area contributed by atoms with Gasteiger partial charge < -0.3 is 10.1 Å². The molecule has 3 rings (SSSR count). The normalized spacial score (nSPS) is 15.7. The van der Waals surface area contributed by atoms with Crippen molar-refractivity contribution >= 4 is 46.0 Å². The molecule has 0 aliphatic carbocycles. The third-order valence-corrected chi connectivity index (χ3v) is 5.49. The Labute approximate surface area is 163 Å². The van der Waals surface area contributed by atoms with Crippen LogP contribution in [0.25, 0.3) is 6.08 Å². The average molecular weight is 385 g/mol. The monoisotopic (exact) mass is 384 g/mol. The number of hydrogen-bond donors (Lipinski definition) is 1. The molecule has 2 aromatic rings. The van der Waals surface area contributed by atoms with Gasteiger partial charge in [0.2, 0.25) is 0 Å². The van der Waals surface area contributed by atoms with Crippen LogP contribution < -0.4 is 10.1 Å². The van der Waals surface area contributed by atoms with Gasteiger partial charge in [-0.1, -0.05) is 59.9 Å². The molecule has 1 aliphatic rings. The highest BCUT2D eigenvalue weighted by Crippen LogP contribution is 2.34. The Morgan fingerprint density at radius 3 is 2.73 bits per heavy atom. The number of ether oxygens (including phenoxy) is 1. The molecular weight excluding hydrogens is 364 g/mol. The van der Waals surface area contributed by atoms with Crippen LogP contribution in [-0.4, -0.2) is 28.9 Å². The third-order valence-electron chi connectivity index (χ3n) is 4.11. The molecule has 4 nitrogen and oxygen atoms in total.